The summed E-state index contributed by atoms with van der Waals surface area (Å²) in [5.41, 5.74) is 0.753. The van der Waals surface area contributed by atoms with E-state index in [1.807, 2.05) is 0 Å². The van der Waals surface area contributed by atoms with Crippen molar-refractivity contribution in [1.29, 1.82) is 0 Å². The number of carboxylic acid groups (broad SMARTS) is 1. The van der Waals surface area contributed by atoms with Crippen LogP contribution in [0.15, 0.2) is 41.0 Å². The van der Waals surface area contributed by atoms with Crippen molar-refractivity contribution in [3.05, 3.63) is 63.0 Å². The van der Waals surface area contributed by atoms with Gasteiger partial charge in [0.2, 0.25) is 0 Å². The van der Waals surface area contributed by atoms with E-state index >= 15 is 0 Å². The number of hydrogen-bond acceptors (Lipinski definition) is 7. The van der Waals surface area contributed by atoms with Gasteiger partial charge in [0.15, 0.2) is 0 Å². The van der Waals surface area contributed by atoms with Gasteiger partial charge >= 0.3 is 12.1 Å². The third-order valence-corrected chi connectivity index (χ3v) is 5.22. The Bertz CT molecular complexity index is 1050. The molecule has 3 aromatic heterocycles. The fourth-order valence-electron chi connectivity index (χ4n) is 3.02. The monoisotopic (exact) mass is 456 g/mol. The molecule has 0 aromatic carbocycles. The molecule has 4 rings (SSSR count). The maximum absolute atomic E-state index is 12.5. The smallest absolute Gasteiger partial charge is 0.475 e. The number of carboxylic acids is 1. The Labute approximate surface area is 178 Å². The van der Waals surface area contributed by atoms with Crippen LogP contribution in [0.4, 0.5) is 13.2 Å². The van der Waals surface area contributed by atoms with Crippen molar-refractivity contribution >= 4 is 17.3 Å². The lowest BCUT2D eigenvalue weighted by molar-refractivity contribution is -0.192. The summed E-state index contributed by atoms with van der Waals surface area (Å²) >= 11 is 1.76. The van der Waals surface area contributed by atoms with Crippen LogP contribution in [0.5, 0.6) is 0 Å². The van der Waals surface area contributed by atoms with E-state index in [4.69, 9.17) is 14.9 Å². The number of rotatable bonds is 4. The van der Waals surface area contributed by atoms with Gasteiger partial charge in [-0.05, 0) is 17.9 Å². The summed E-state index contributed by atoms with van der Waals surface area (Å²) in [5, 5.41) is 13.3. The van der Waals surface area contributed by atoms with Crippen molar-refractivity contribution in [2.45, 2.75) is 38.8 Å². The van der Waals surface area contributed by atoms with E-state index in [9.17, 15) is 18.0 Å². The maximum Gasteiger partial charge on any atom is 0.490 e. The first-order valence-electron chi connectivity index (χ1n) is 9.19. The van der Waals surface area contributed by atoms with E-state index in [-0.39, 0.29) is 5.56 Å². The quantitative estimate of drug-likeness (QED) is 0.640. The molecule has 0 bridgehead atoms. The molecule has 0 spiro atoms. The van der Waals surface area contributed by atoms with Crippen LogP contribution in [0.1, 0.15) is 22.8 Å². The first-order chi connectivity index (χ1) is 14.7. The Hall–Kier alpha value is -3.06. The topological polar surface area (TPSA) is 106 Å². The van der Waals surface area contributed by atoms with Crippen LogP contribution in [-0.4, -0.2) is 53.0 Å². The van der Waals surface area contributed by atoms with Gasteiger partial charge in [-0.2, -0.15) is 18.3 Å². The third-order valence-electron chi connectivity index (χ3n) is 4.35. The van der Waals surface area contributed by atoms with E-state index in [0.29, 0.717) is 13.1 Å². The summed E-state index contributed by atoms with van der Waals surface area (Å²) in [5.74, 6) is -1.92. The standard InChI is InChI=1S/C16H18N6OS.C2HF3O2/c23-16-7-13(8-21-12-17-11-18-21)19-15-10-20(4-2-5-22(15)16)9-14-3-1-6-24-14;3-2(4,5)1(6)7/h1,3,6-7,11-12H,2,4-5,8-10H2;(H,6,7). The summed E-state index contributed by atoms with van der Waals surface area (Å²) in [6.07, 6.45) is -1.00. The van der Waals surface area contributed by atoms with Crippen LogP contribution >= 0.6 is 11.3 Å². The zero-order chi connectivity index (χ0) is 22.4. The van der Waals surface area contributed by atoms with Crippen molar-refractivity contribution in [3.8, 4) is 0 Å². The van der Waals surface area contributed by atoms with Gasteiger partial charge in [0.25, 0.3) is 5.56 Å². The number of carbonyl (C=O) groups is 1. The van der Waals surface area contributed by atoms with Crippen LogP contribution < -0.4 is 5.56 Å². The van der Waals surface area contributed by atoms with Crippen molar-refractivity contribution in [2.24, 2.45) is 0 Å². The Morgan fingerprint density at radius 1 is 1.26 bits per heavy atom. The van der Waals surface area contributed by atoms with Crippen LogP contribution in [-0.2, 0) is 31.0 Å². The van der Waals surface area contributed by atoms with Gasteiger partial charge in [0.1, 0.15) is 18.5 Å². The molecule has 0 unspecified atom stereocenters. The second-order valence-corrected chi connectivity index (χ2v) is 7.73. The molecule has 0 fully saturated rings. The molecular formula is C18H19F3N6O3S. The summed E-state index contributed by atoms with van der Waals surface area (Å²) in [4.78, 5) is 33.7. The van der Waals surface area contributed by atoms with Crippen molar-refractivity contribution in [1.82, 2.24) is 29.2 Å². The van der Waals surface area contributed by atoms with Gasteiger partial charge in [-0.1, -0.05) is 6.07 Å². The Morgan fingerprint density at radius 3 is 2.65 bits per heavy atom. The molecule has 13 heteroatoms. The number of aliphatic carboxylic acids is 1. The van der Waals surface area contributed by atoms with Gasteiger partial charge in [-0.25, -0.2) is 19.4 Å². The molecule has 0 saturated heterocycles. The van der Waals surface area contributed by atoms with Gasteiger partial charge < -0.3 is 5.11 Å². The molecular weight excluding hydrogens is 437 g/mol. The molecule has 0 saturated carbocycles. The lowest BCUT2D eigenvalue weighted by Gasteiger charge is -2.18. The Balaban J connectivity index is 0.000000339. The van der Waals surface area contributed by atoms with Crippen molar-refractivity contribution in [3.63, 3.8) is 0 Å². The minimum atomic E-state index is -5.08. The van der Waals surface area contributed by atoms with Crippen LogP contribution in [0.2, 0.25) is 0 Å². The van der Waals surface area contributed by atoms with Gasteiger partial charge in [0.05, 0.1) is 18.8 Å². The second kappa shape index (κ2) is 9.83. The number of alkyl halides is 3. The molecule has 31 heavy (non-hydrogen) atoms. The van der Waals surface area contributed by atoms with Crippen molar-refractivity contribution in [2.75, 3.05) is 6.54 Å². The third kappa shape index (κ3) is 6.46. The highest BCUT2D eigenvalue weighted by Crippen LogP contribution is 2.16. The largest absolute Gasteiger partial charge is 0.490 e. The Morgan fingerprint density at radius 2 is 2.03 bits per heavy atom. The highest BCUT2D eigenvalue weighted by Gasteiger charge is 2.38. The summed E-state index contributed by atoms with van der Waals surface area (Å²) in [6, 6.07) is 5.84. The molecule has 1 aliphatic heterocycles. The molecule has 1 aliphatic rings. The lowest BCUT2D eigenvalue weighted by atomic mass is 10.3. The normalized spacial score (nSPS) is 14.3. The second-order valence-electron chi connectivity index (χ2n) is 6.69. The molecule has 0 aliphatic carbocycles. The molecule has 4 heterocycles. The van der Waals surface area contributed by atoms with Crippen molar-refractivity contribution < 1.29 is 23.1 Å². The lowest BCUT2D eigenvalue weighted by Crippen LogP contribution is -2.27. The summed E-state index contributed by atoms with van der Waals surface area (Å²) in [6.45, 7) is 3.76. The minimum absolute atomic E-state index is 0.0214. The highest BCUT2D eigenvalue weighted by atomic mass is 32.1. The van der Waals surface area contributed by atoms with E-state index in [1.54, 1.807) is 33.0 Å². The zero-order valence-corrected chi connectivity index (χ0v) is 17.0. The summed E-state index contributed by atoms with van der Waals surface area (Å²) < 4.78 is 35.2. The number of fused-ring (bicyclic) bond motifs is 1. The number of nitrogens with zero attached hydrogens (tertiary/aromatic N) is 6. The van der Waals surface area contributed by atoms with Crippen LogP contribution in [0.25, 0.3) is 0 Å². The number of thiophene rings is 1. The first kappa shape index (κ1) is 22.6. The van der Waals surface area contributed by atoms with E-state index in [0.717, 1.165) is 37.6 Å². The molecule has 1 N–H and O–H groups in total. The molecule has 9 nitrogen and oxygen atoms in total. The number of hydrogen-bond donors (Lipinski definition) is 1. The number of halogens is 3. The average molecular weight is 456 g/mol. The molecule has 3 aromatic rings. The molecule has 0 atom stereocenters. The highest BCUT2D eigenvalue weighted by molar-refractivity contribution is 7.09. The van der Waals surface area contributed by atoms with Gasteiger partial charge in [-0.15, -0.1) is 11.3 Å². The van der Waals surface area contributed by atoms with Crippen LogP contribution in [0, 0.1) is 0 Å². The average Bonchev–Trinajstić information content (AvgIpc) is 3.34. The maximum atomic E-state index is 12.5. The minimum Gasteiger partial charge on any atom is -0.475 e. The van der Waals surface area contributed by atoms with Crippen LogP contribution in [0.3, 0.4) is 0 Å². The predicted molar refractivity (Wildman–Crippen MR) is 104 cm³/mol. The van der Waals surface area contributed by atoms with Gasteiger partial charge in [0, 0.05) is 30.6 Å². The van der Waals surface area contributed by atoms with E-state index in [2.05, 4.69) is 32.5 Å². The van der Waals surface area contributed by atoms with E-state index < -0.39 is 12.1 Å². The first-order valence-corrected chi connectivity index (χ1v) is 10.1. The molecule has 0 radical (unpaired) electrons. The fraction of sp³-hybridized carbons (Fsp3) is 0.389. The van der Waals surface area contributed by atoms with E-state index in [1.165, 1.54) is 11.2 Å². The predicted octanol–water partition coefficient (Wildman–Crippen LogP) is 1.98. The van der Waals surface area contributed by atoms with Gasteiger partial charge in [-0.3, -0.25) is 14.3 Å². The summed E-state index contributed by atoms with van der Waals surface area (Å²) in [7, 11) is 0. The SMILES string of the molecule is O=C(O)C(F)(F)F.O=c1cc(Cn2cncn2)nc2n1CCCN(Cc1cccs1)C2. The Kier molecular flexibility index (Phi) is 7.17. The zero-order valence-electron chi connectivity index (χ0n) is 16.2. The number of aromatic nitrogens is 5. The molecule has 0 amide bonds. The fourth-order valence-corrected chi connectivity index (χ4v) is 3.76. The molecule has 166 valence electrons.